The number of nitrogens with one attached hydrogen (secondary N) is 2. The van der Waals surface area contributed by atoms with Crippen LogP contribution in [0.15, 0.2) is 29.3 Å². The molecule has 3 nitrogen and oxygen atoms in total. The van der Waals surface area contributed by atoms with E-state index in [4.69, 9.17) is 0 Å². The van der Waals surface area contributed by atoms with E-state index in [2.05, 4.69) is 53.7 Å². The Hall–Kier alpha value is -1.51. The first-order valence-corrected chi connectivity index (χ1v) is 6.76. The fourth-order valence-electron chi connectivity index (χ4n) is 1.81. The monoisotopic (exact) mass is 247 g/mol. The zero-order valence-electron chi connectivity index (χ0n) is 11.8. The molecule has 0 saturated heterocycles. The molecule has 18 heavy (non-hydrogen) atoms. The maximum Gasteiger partial charge on any atom is 0.191 e. The Morgan fingerprint density at radius 1 is 1.22 bits per heavy atom. The van der Waals surface area contributed by atoms with E-state index in [1.54, 1.807) is 0 Å². The van der Waals surface area contributed by atoms with Crippen molar-refractivity contribution in [2.75, 3.05) is 13.6 Å². The van der Waals surface area contributed by atoms with Gasteiger partial charge in [-0.25, -0.2) is 0 Å². The first kappa shape index (κ1) is 14.6. The van der Waals surface area contributed by atoms with Gasteiger partial charge in [0.05, 0.1) is 0 Å². The van der Waals surface area contributed by atoms with E-state index in [0.717, 1.165) is 19.0 Å². The fraction of sp³-hybridized carbons (Fsp3) is 0.533. The summed E-state index contributed by atoms with van der Waals surface area (Å²) in [4.78, 5) is 4.22. The van der Waals surface area contributed by atoms with Gasteiger partial charge in [-0.05, 0) is 18.9 Å². The highest BCUT2D eigenvalue weighted by molar-refractivity contribution is 5.79. The Balaban J connectivity index is 2.31. The predicted octanol–water partition coefficient (Wildman–Crippen LogP) is 2.85. The van der Waals surface area contributed by atoms with Crippen molar-refractivity contribution in [2.24, 2.45) is 4.99 Å². The lowest BCUT2D eigenvalue weighted by Gasteiger charge is -2.12. The van der Waals surface area contributed by atoms with Crippen LogP contribution in [0.1, 0.15) is 37.3 Å². The molecular weight excluding hydrogens is 222 g/mol. The third-order valence-corrected chi connectivity index (χ3v) is 2.84. The normalized spacial score (nSPS) is 11.4. The van der Waals surface area contributed by atoms with Crippen LogP contribution >= 0.6 is 0 Å². The van der Waals surface area contributed by atoms with Crippen molar-refractivity contribution < 1.29 is 0 Å². The van der Waals surface area contributed by atoms with Crippen molar-refractivity contribution in [1.29, 1.82) is 0 Å². The molecule has 0 bridgehead atoms. The van der Waals surface area contributed by atoms with Gasteiger partial charge in [0, 0.05) is 20.1 Å². The molecule has 2 N–H and O–H groups in total. The minimum absolute atomic E-state index is 0.815. The zero-order valence-corrected chi connectivity index (χ0v) is 11.8. The molecule has 0 aliphatic rings. The summed E-state index contributed by atoms with van der Waals surface area (Å²) in [6.07, 6.45) is 3.71. The van der Waals surface area contributed by atoms with Gasteiger partial charge in [-0.1, -0.05) is 49.6 Å². The molecule has 1 rings (SSSR count). The molecule has 0 atom stereocenters. The van der Waals surface area contributed by atoms with Gasteiger partial charge in [0.2, 0.25) is 0 Å². The highest BCUT2D eigenvalue weighted by Gasteiger charge is 1.97. The minimum atomic E-state index is 0.815. The zero-order chi connectivity index (χ0) is 13.2. The van der Waals surface area contributed by atoms with Crippen molar-refractivity contribution in [3.8, 4) is 0 Å². The smallest absolute Gasteiger partial charge is 0.191 e. The van der Waals surface area contributed by atoms with Crippen LogP contribution in [0.2, 0.25) is 0 Å². The lowest BCUT2D eigenvalue weighted by Crippen LogP contribution is -2.37. The van der Waals surface area contributed by atoms with Crippen molar-refractivity contribution in [3.05, 3.63) is 35.4 Å². The molecule has 0 amide bonds. The Morgan fingerprint density at radius 2 is 2.06 bits per heavy atom. The van der Waals surface area contributed by atoms with Gasteiger partial charge in [0.25, 0.3) is 0 Å². The van der Waals surface area contributed by atoms with E-state index in [1.807, 2.05) is 7.05 Å². The minimum Gasteiger partial charge on any atom is -0.356 e. The Bertz CT molecular complexity index is 372. The molecule has 0 fully saturated rings. The van der Waals surface area contributed by atoms with E-state index < -0.39 is 0 Å². The topological polar surface area (TPSA) is 36.4 Å². The molecular formula is C15H25N3. The second-order valence-corrected chi connectivity index (χ2v) is 4.55. The number of guanidine groups is 1. The summed E-state index contributed by atoms with van der Waals surface area (Å²) >= 11 is 0. The highest BCUT2D eigenvalue weighted by Crippen LogP contribution is 2.03. The summed E-state index contributed by atoms with van der Waals surface area (Å²) < 4.78 is 0. The Kier molecular flexibility index (Phi) is 6.92. The SMILES string of the molecule is CCCCCNC(=NC)NCc1cccc(C)c1. The molecule has 0 spiro atoms. The van der Waals surface area contributed by atoms with Gasteiger partial charge in [-0.15, -0.1) is 0 Å². The summed E-state index contributed by atoms with van der Waals surface area (Å²) in [5.74, 6) is 0.882. The Labute approximate surface area is 111 Å². The lowest BCUT2D eigenvalue weighted by molar-refractivity contribution is 0.683. The maximum atomic E-state index is 4.22. The number of aliphatic imine (C=N–C) groups is 1. The van der Waals surface area contributed by atoms with Crippen molar-refractivity contribution >= 4 is 5.96 Å². The van der Waals surface area contributed by atoms with Crippen LogP contribution in [-0.4, -0.2) is 19.6 Å². The molecule has 0 aliphatic carbocycles. The van der Waals surface area contributed by atoms with Gasteiger partial charge in [0.15, 0.2) is 5.96 Å². The average molecular weight is 247 g/mol. The van der Waals surface area contributed by atoms with Crippen LogP contribution in [0.25, 0.3) is 0 Å². The molecule has 0 aromatic heterocycles. The van der Waals surface area contributed by atoms with Crippen LogP contribution < -0.4 is 10.6 Å². The summed E-state index contributed by atoms with van der Waals surface area (Å²) in [7, 11) is 1.81. The molecule has 3 heteroatoms. The predicted molar refractivity (Wildman–Crippen MR) is 78.9 cm³/mol. The third kappa shape index (κ3) is 5.71. The van der Waals surface area contributed by atoms with E-state index in [1.165, 1.54) is 30.4 Å². The van der Waals surface area contributed by atoms with E-state index >= 15 is 0 Å². The second-order valence-electron chi connectivity index (χ2n) is 4.55. The van der Waals surface area contributed by atoms with E-state index in [-0.39, 0.29) is 0 Å². The van der Waals surface area contributed by atoms with Crippen LogP contribution in [0.5, 0.6) is 0 Å². The summed E-state index contributed by atoms with van der Waals surface area (Å²) in [6, 6.07) is 8.52. The maximum absolute atomic E-state index is 4.22. The number of unbranched alkanes of at least 4 members (excludes halogenated alkanes) is 2. The van der Waals surface area contributed by atoms with Crippen molar-refractivity contribution in [3.63, 3.8) is 0 Å². The van der Waals surface area contributed by atoms with Gasteiger partial charge >= 0.3 is 0 Å². The standard InChI is InChI=1S/C15H25N3/c1-4-5-6-10-17-15(16-3)18-12-14-9-7-8-13(2)11-14/h7-9,11H,4-6,10,12H2,1-3H3,(H2,16,17,18). The van der Waals surface area contributed by atoms with Crippen molar-refractivity contribution in [1.82, 2.24) is 10.6 Å². The summed E-state index contributed by atoms with van der Waals surface area (Å²) in [6.45, 7) is 6.13. The van der Waals surface area contributed by atoms with Crippen LogP contribution in [0, 0.1) is 6.92 Å². The molecule has 0 saturated carbocycles. The number of hydrogen-bond acceptors (Lipinski definition) is 1. The Morgan fingerprint density at radius 3 is 2.72 bits per heavy atom. The first-order chi connectivity index (χ1) is 8.76. The lowest BCUT2D eigenvalue weighted by atomic mass is 10.1. The van der Waals surface area contributed by atoms with Crippen LogP contribution in [0.4, 0.5) is 0 Å². The highest BCUT2D eigenvalue weighted by atomic mass is 15.2. The fourth-order valence-corrected chi connectivity index (χ4v) is 1.81. The largest absolute Gasteiger partial charge is 0.356 e. The van der Waals surface area contributed by atoms with Gasteiger partial charge in [-0.3, -0.25) is 4.99 Å². The second kappa shape index (κ2) is 8.56. The molecule has 0 unspecified atom stereocenters. The quantitative estimate of drug-likeness (QED) is 0.461. The number of rotatable bonds is 6. The number of aryl methyl sites for hydroxylation is 1. The third-order valence-electron chi connectivity index (χ3n) is 2.84. The summed E-state index contributed by atoms with van der Waals surface area (Å²) in [5, 5.41) is 6.66. The van der Waals surface area contributed by atoms with Crippen molar-refractivity contribution in [2.45, 2.75) is 39.7 Å². The molecule has 100 valence electrons. The molecule has 0 radical (unpaired) electrons. The van der Waals surface area contributed by atoms with E-state index in [9.17, 15) is 0 Å². The molecule has 0 aliphatic heterocycles. The molecule has 1 aromatic rings. The van der Waals surface area contributed by atoms with Gasteiger partial charge in [0.1, 0.15) is 0 Å². The number of benzene rings is 1. The van der Waals surface area contributed by atoms with Gasteiger partial charge in [-0.2, -0.15) is 0 Å². The number of nitrogens with zero attached hydrogens (tertiary/aromatic N) is 1. The van der Waals surface area contributed by atoms with Gasteiger partial charge < -0.3 is 10.6 Å². The first-order valence-electron chi connectivity index (χ1n) is 6.76. The van der Waals surface area contributed by atoms with Crippen LogP contribution in [-0.2, 0) is 6.54 Å². The van der Waals surface area contributed by atoms with Crippen LogP contribution in [0.3, 0.4) is 0 Å². The average Bonchev–Trinajstić information content (AvgIpc) is 2.38. The molecule has 1 aromatic carbocycles. The van der Waals surface area contributed by atoms with E-state index in [0.29, 0.717) is 0 Å². The molecule has 0 heterocycles. The summed E-state index contributed by atoms with van der Waals surface area (Å²) in [5.41, 5.74) is 2.58. The number of hydrogen-bond donors (Lipinski definition) is 2.